The van der Waals surface area contributed by atoms with Gasteiger partial charge in [0, 0.05) is 24.9 Å². The Morgan fingerprint density at radius 3 is 2.33 bits per heavy atom. The van der Waals surface area contributed by atoms with Gasteiger partial charge in [-0.05, 0) is 41.5 Å². The van der Waals surface area contributed by atoms with Gasteiger partial charge in [0.2, 0.25) is 0 Å². The fourth-order valence-electron chi connectivity index (χ4n) is 4.01. The summed E-state index contributed by atoms with van der Waals surface area (Å²) in [5, 5.41) is 22.1. The Bertz CT molecular complexity index is 1090. The number of benzene rings is 2. The van der Waals surface area contributed by atoms with E-state index in [1.54, 1.807) is 12.5 Å². The normalized spacial score (nSPS) is 13.1. The minimum atomic E-state index is -1.08. The van der Waals surface area contributed by atoms with Crippen molar-refractivity contribution < 1.29 is 19.8 Å². The molecule has 2 unspecified atom stereocenters. The van der Waals surface area contributed by atoms with Gasteiger partial charge in [-0.25, -0.2) is 4.98 Å². The number of nitrogens with one attached hydrogen (secondary N) is 1. The molecule has 0 radical (unpaired) electrons. The molecule has 0 aliphatic rings. The summed E-state index contributed by atoms with van der Waals surface area (Å²) in [7, 11) is 0. The van der Waals surface area contributed by atoms with Crippen molar-refractivity contribution in [3.8, 4) is 11.1 Å². The van der Waals surface area contributed by atoms with E-state index in [1.165, 1.54) is 0 Å². The molecule has 0 spiro atoms. The molecular formula is C26H31N3O4. The molecule has 0 aliphatic heterocycles. The molecule has 0 bridgehead atoms. The number of carbonyl (C=O) groups is 2. The Morgan fingerprint density at radius 1 is 1.00 bits per heavy atom. The van der Waals surface area contributed by atoms with Crippen molar-refractivity contribution in [1.29, 1.82) is 0 Å². The average Bonchev–Trinajstić information content (AvgIpc) is 3.20. The molecule has 3 aromatic rings. The molecular weight excluding hydrogens is 418 g/mol. The van der Waals surface area contributed by atoms with Crippen LogP contribution in [0.5, 0.6) is 0 Å². The molecule has 1 aromatic heterocycles. The first-order valence-corrected chi connectivity index (χ1v) is 11.1. The average molecular weight is 450 g/mol. The van der Waals surface area contributed by atoms with Crippen molar-refractivity contribution >= 4 is 11.9 Å². The molecule has 2 aromatic carbocycles. The Kier molecular flexibility index (Phi) is 8.01. The highest BCUT2D eigenvalue weighted by Crippen LogP contribution is 2.26. The third-order valence-electron chi connectivity index (χ3n) is 5.79. The maximum absolute atomic E-state index is 11.9. The molecule has 0 amide bonds. The van der Waals surface area contributed by atoms with Crippen LogP contribution >= 0.6 is 0 Å². The van der Waals surface area contributed by atoms with Crippen LogP contribution in [0.25, 0.3) is 11.1 Å². The first-order chi connectivity index (χ1) is 15.8. The molecule has 1 heterocycles. The summed E-state index contributed by atoms with van der Waals surface area (Å²) in [4.78, 5) is 27.8. The lowest BCUT2D eigenvalue weighted by atomic mass is 9.96. The Balaban J connectivity index is 1.81. The standard InChI is InChI=1S/C26H31N3O4/c1-17(2)12-23(25(30)31)28-24(26(32)33)13-21-14-27-16-29(21)15-20-10-7-11-22(18(20)3)19-8-5-4-6-9-19/h4-11,14,16-17,23-24,28H,12-13,15H2,1-3H3,(H,30,31)(H,32,33). The number of nitrogens with zero attached hydrogens (tertiary/aromatic N) is 2. The van der Waals surface area contributed by atoms with Crippen LogP contribution in [0.4, 0.5) is 0 Å². The number of hydrogen-bond donors (Lipinski definition) is 3. The zero-order valence-corrected chi connectivity index (χ0v) is 19.2. The van der Waals surface area contributed by atoms with Crippen molar-refractivity contribution in [1.82, 2.24) is 14.9 Å². The maximum Gasteiger partial charge on any atom is 0.321 e. The lowest BCUT2D eigenvalue weighted by Crippen LogP contribution is -2.49. The van der Waals surface area contributed by atoms with Crippen LogP contribution in [0.15, 0.2) is 61.1 Å². The van der Waals surface area contributed by atoms with E-state index in [2.05, 4.69) is 41.5 Å². The van der Waals surface area contributed by atoms with Gasteiger partial charge in [0.1, 0.15) is 12.1 Å². The van der Waals surface area contributed by atoms with Crippen LogP contribution in [-0.2, 0) is 22.6 Å². The summed E-state index contributed by atoms with van der Waals surface area (Å²) in [6.45, 7) is 6.45. The van der Waals surface area contributed by atoms with Crippen molar-refractivity contribution in [2.45, 2.75) is 52.2 Å². The largest absolute Gasteiger partial charge is 0.480 e. The lowest BCUT2D eigenvalue weighted by molar-refractivity contribution is -0.142. The second-order valence-corrected chi connectivity index (χ2v) is 8.75. The van der Waals surface area contributed by atoms with E-state index in [-0.39, 0.29) is 12.3 Å². The van der Waals surface area contributed by atoms with Crippen LogP contribution in [0, 0.1) is 12.8 Å². The van der Waals surface area contributed by atoms with Gasteiger partial charge in [0.05, 0.1) is 6.33 Å². The van der Waals surface area contributed by atoms with E-state index in [0.29, 0.717) is 13.0 Å². The number of aliphatic carboxylic acids is 2. The Morgan fingerprint density at radius 2 is 1.70 bits per heavy atom. The van der Waals surface area contributed by atoms with E-state index in [1.807, 2.05) is 42.7 Å². The van der Waals surface area contributed by atoms with E-state index < -0.39 is 24.0 Å². The molecule has 3 N–H and O–H groups in total. The highest BCUT2D eigenvalue weighted by molar-refractivity contribution is 5.77. The summed E-state index contributed by atoms with van der Waals surface area (Å²) in [6, 6.07) is 14.4. The number of carboxylic acids is 2. The highest BCUT2D eigenvalue weighted by atomic mass is 16.4. The van der Waals surface area contributed by atoms with Crippen LogP contribution in [0.1, 0.15) is 37.1 Å². The van der Waals surface area contributed by atoms with E-state index in [4.69, 9.17) is 0 Å². The van der Waals surface area contributed by atoms with Crippen LogP contribution in [-0.4, -0.2) is 43.8 Å². The molecule has 174 valence electrons. The van der Waals surface area contributed by atoms with E-state index in [9.17, 15) is 19.8 Å². The second kappa shape index (κ2) is 10.9. The lowest BCUT2D eigenvalue weighted by Gasteiger charge is -2.22. The Hall–Kier alpha value is -3.45. The van der Waals surface area contributed by atoms with E-state index in [0.717, 1.165) is 27.9 Å². The van der Waals surface area contributed by atoms with Crippen LogP contribution < -0.4 is 5.32 Å². The number of hydrogen-bond acceptors (Lipinski definition) is 4. The summed E-state index contributed by atoms with van der Waals surface area (Å²) in [5.41, 5.74) is 5.28. The minimum absolute atomic E-state index is 0.124. The SMILES string of the molecule is Cc1c(Cn2cncc2CC(NC(CC(C)C)C(=O)O)C(=O)O)cccc1-c1ccccc1. The van der Waals surface area contributed by atoms with Crippen molar-refractivity contribution in [3.05, 3.63) is 77.9 Å². The molecule has 7 nitrogen and oxygen atoms in total. The van der Waals surface area contributed by atoms with E-state index >= 15 is 0 Å². The summed E-state index contributed by atoms with van der Waals surface area (Å²) in [6.07, 6.45) is 3.82. The van der Waals surface area contributed by atoms with Crippen LogP contribution in [0.3, 0.4) is 0 Å². The van der Waals surface area contributed by atoms with Gasteiger partial charge in [-0.1, -0.05) is 62.4 Å². The van der Waals surface area contributed by atoms with Gasteiger partial charge in [0.25, 0.3) is 0 Å². The van der Waals surface area contributed by atoms with Crippen molar-refractivity contribution in [2.75, 3.05) is 0 Å². The number of imidazole rings is 1. The number of rotatable bonds is 11. The smallest absolute Gasteiger partial charge is 0.321 e. The van der Waals surface area contributed by atoms with Gasteiger partial charge < -0.3 is 14.8 Å². The number of carboxylic acid groups (broad SMARTS) is 2. The molecule has 7 heteroatoms. The third kappa shape index (κ3) is 6.29. The summed E-state index contributed by atoms with van der Waals surface area (Å²) in [5.74, 6) is -2.00. The molecule has 3 rings (SSSR count). The molecule has 0 aliphatic carbocycles. The monoisotopic (exact) mass is 449 g/mol. The number of aromatic nitrogens is 2. The molecule has 33 heavy (non-hydrogen) atoms. The molecule has 0 fully saturated rings. The fourth-order valence-corrected chi connectivity index (χ4v) is 4.01. The molecule has 2 atom stereocenters. The zero-order valence-electron chi connectivity index (χ0n) is 19.2. The first kappa shape index (κ1) is 24.2. The topological polar surface area (TPSA) is 104 Å². The first-order valence-electron chi connectivity index (χ1n) is 11.1. The molecule has 0 saturated heterocycles. The van der Waals surface area contributed by atoms with Gasteiger partial charge in [-0.15, -0.1) is 0 Å². The predicted molar refractivity (Wildman–Crippen MR) is 127 cm³/mol. The highest BCUT2D eigenvalue weighted by Gasteiger charge is 2.27. The third-order valence-corrected chi connectivity index (χ3v) is 5.79. The van der Waals surface area contributed by atoms with Gasteiger partial charge in [-0.3, -0.25) is 14.9 Å². The van der Waals surface area contributed by atoms with Crippen molar-refractivity contribution in [3.63, 3.8) is 0 Å². The second-order valence-electron chi connectivity index (χ2n) is 8.75. The zero-order chi connectivity index (χ0) is 24.0. The van der Waals surface area contributed by atoms with Gasteiger partial charge in [0.15, 0.2) is 0 Å². The predicted octanol–water partition coefficient (Wildman–Crippen LogP) is 3.99. The Labute approximate surface area is 194 Å². The minimum Gasteiger partial charge on any atom is -0.480 e. The van der Waals surface area contributed by atoms with Crippen molar-refractivity contribution in [2.24, 2.45) is 5.92 Å². The van der Waals surface area contributed by atoms with Gasteiger partial charge in [-0.2, -0.15) is 0 Å². The maximum atomic E-state index is 11.9. The summed E-state index contributed by atoms with van der Waals surface area (Å²) >= 11 is 0. The van der Waals surface area contributed by atoms with Gasteiger partial charge >= 0.3 is 11.9 Å². The van der Waals surface area contributed by atoms with Crippen LogP contribution in [0.2, 0.25) is 0 Å². The quantitative estimate of drug-likeness (QED) is 0.409. The molecule has 0 saturated carbocycles. The fraction of sp³-hybridized carbons (Fsp3) is 0.346. The summed E-state index contributed by atoms with van der Waals surface area (Å²) < 4.78 is 1.92.